The van der Waals surface area contributed by atoms with E-state index in [9.17, 15) is 4.79 Å². The van der Waals surface area contributed by atoms with E-state index < -0.39 is 0 Å². The van der Waals surface area contributed by atoms with Crippen molar-refractivity contribution >= 4 is 21.8 Å². The Morgan fingerprint density at radius 2 is 2.33 bits per heavy atom. The molecule has 7 heteroatoms. The molecule has 0 aliphatic carbocycles. The van der Waals surface area contributed by atoms with Gasteiger partial charge >= 0.3 is 0 Å². The number of carbonyl (C=O) groups is 1. The van der Waals surface area contributed by atoms with Crippen LogP contribution < -0.4 is 5.32 Å². The minimum absolute atomic E-state index is 0.130. The van der Waals surface area contributed by atoms with E-state index in [0.717, 1.165) is 11.0 Å². The van der Waals surface area contributed by atoms with E-state index in [4.69, 9.17) is 0 Å². The van der Waals surface area contributed by atoms with Crippen LogP contribution in [0.2, 0.25) is 0 Å². The second-order valence-electron chi connectivity index (χ2n) is 3.85. The molecule has 1 amide bonds. The van der Waals surface area contributed by atoms with Gasteiger partial charge in [0.05, 0.1) is 6.54 Å². The van der Waals surface area contributed by atoms with Crippen molar-refractivity contribution in [1.29, 1.82) is 0 Å². The maximum absolute atomic E-state index is 12.0. The summed E-state index contributed by atoms with van der Waals surface area (Å²) in [5, 5.41) is 6.90. The number of amides is 1. The predicted molar refractivity (Wildman–Crippen MR) is 70.0 cm³/mol. The van der Waals surface area contributed by atoms with E-state index in [-0.39, 0.29) is 5.91 Å². The summed E-state index contributed by atoms with van der Waals surface area (Å²) >= 11 is 3.36. The Bertz CT molecular complexity index is 560. The van der Waals surface area contributed by atoms with Crippen molar-refractivity contribution in [1.82, 2.24) is 24.6 Å². The second kappa shape index (κ2) is 5.34. The number of aryl methyl sites for hydroxylation is 2. The standard InChI is InChI=1S/C11H14BrN5O/c1-3-17-6-8(12)4-9(17)11(18)13-5-10-14-7-16(2)15-10/h4,6-7H,3,5H2,1-2H3,(H,13,18). The normalized spacial score (nSPS) is 10.6. The van der Waals surface area contributed by atoms with Crippen molar-refractivity contribution in [2.24, 2.45) is 7.05 Å². The SMILES string of the molecule is CCn1cc(Br)cc1C(=O)NCc1ncn(C)n1. The molecule has 1 N–H and O–H groups in total. The number of nitrogens with one attached hydrogen (secondary N) is 1. The molecule has 0 unspecified atom stereocenters. The molecule has 2 heterocycles. The summed E-state index contributed by atoms with van der Waals surface area (Å²) < 4.78 is 4.38. The zero-order chi connectivity index (χ0) is 13.1. The largest absolute Gasteiger partial charge is 0.343 e. The van der Waals surface area contributed by atoms with Crippen molar-refractivity contribution in [2.75, 3.05) is 0 Å². The topological polar surface area (TPSA) is 64.7 Å². The zero-order valence-corrected chi connectivity index (χ0v) is 11.8. The predicted octanol–water partition coefficient (Wildman–Crippen LogP) is 1.33. The van der Waals surface area contributed by atoms with Crippen LogP contribution in [0, 0.1) is 0 Å². The third kappa shape index (κ3) is 2.79. The van der Waals surface area contributed by atoms with Gasteiger partial charge < -0.3 is 9.88 Å². The molecule has 0 radical (unpaired) electrons. The maximum atomic E-state index is 12.0. The van der Waals surface area contributed by atoms with E-state index in [1.807, 2.05) is 17.7 Å². The van der Waals surface area contributed by atoms with Gasteiger partial charge in [0.25, 0.3) is 5.91 Å². The lowest BCUT2D eigenvalue weighted by Crippen LogP contribution is -2.25. The molecule has 6 nitrogen and oxygen atoms in total. The van der Waals surface area contributed by atoms with Crippen molar-refractivity contribution in [3.63, 3.8) is 0 Å². The molecular weight excluding hydrogens is 298 g/mol. The molecule has 18 heavy (non-hydrogen) atoms. The number of carbonyl (C=O) groups excluding carboxylic acids is 1. The molecule has 2 aromatic rings. The summed E-state index contributed by atoms with van der Waals surface area (Å²) in [6.45, 7) is 3.06. The van der Waals surface area contributed by atoms with Crippen LogP contribution in [0.25, 0.3) is 0 Å². The zero-order valence-electron chi connectivity index (χ0n) is 10.2. The fourth-order valence-electron chi connectivity index (χ4n) is 1.64. The van der Waals surface area contributed by atoms with Gasteiger partial charge in [0.1, 0.15) is 12.0 Å². The molecule has 0 saturated heterocycles. The Morgan fingerprint density at radius 3 is 2.94 bits per heavy atom. The first-order valence-corrected chi connectivity index (χ1v) is 6.38. The molecule has 0 atom stereocenters. The van der Waals surface area contributed by atoms with Gasteiger partial charge in [0.2, 0.25) is 0 Å². The Morgan fingerprint density at radius 1 is 1.56 bits per heavy atom. The number of aromatic nitrogens is 4. The van der Waals surface area contributed by atoms with Gasteiger partial charge in [-0.05, 0) is 28.9 Å². The molecule has 0 fully saturated rings. The van der Waals surface area contributed by atoms with Gasteiger partial charge in [-0.1, -0.05) is 0 Å². The van der Waals surface area contributed by atoms with Crippen molar-refractivity contribution in [3.05, 3.63) is 34.6 Å². The second-order valence-corrected chi connectivity index (χ2v) is 4.76. The summed E-state index contributed by atoms with van der Waals surface area (Å²) in [5.74, 6) is 0.467. The number of hydrogen-bond donors (Lipinski definition) is 1. The van der Waals surface area contributed by atoms with Crippen LogP contribution in [-0.4, -0.2) is 25.2 Å². The van der Waals surface area contributed by atoms with Gasteiger partial charge in [0, 0.05) is 24.3 Å². The molecule has 96 valence electrons. The summed E-state index contributed by atoms with van der Waals surface area (Å²) in [4.78, 5) is 16.1. The highest BCUT2D eigenvalue weighted by Crippen LogP contribution is 2.14. The first kappa shape index (κ1) is 12.8. The Labute approximate surface area is 113 Å². The van der Waals surface area contributed by atoms with Crippen LogP contribution in [0.15, 0.2) is 23.1 Å². The Balaban J connectivity index is 2.03. The molecule has 0 aromatic carbocycles. The lowest BCUT2D eigenvalue weighted by Gasteiger charge is -2.05. The number of nitrogens with zero attached hydrogens (tertiary/aromatic N) is 4. The van der Waals surface area contributed by atoms with Crippen LogP contribution in [-0.2, 0) is 20.1 Å². The van der Waals surface area contributed by atoms with Crippen LogP contribution >= 0.6 is 15.9 Å². The third-order valence-electron chi connectivity index (χ3n) is 2.49. The number of rotatable bonds is 4. The molecule has 0 aliphatic heterocycles. The van der Waals surface area contributed by atoms with E-state index in [0.29, 0.717) is 18.1 Å². The summed E-state index contributed by atoms with van der Waals surface area (Å²) in [6, 6.07) is 1.80. The molecule has 2 aromatic heterocycles. The third-order valence-corrected chi connectivity index (χ3v) is 2.92. The average Bonchev–Trinajstić information content (AvgIpc) is 2.92. The van der Waals surface area contributed by atoms with Gasteiger partial charge in [-0.25, -0.2) is 4.98 Å². The van der Waals surface area contributed by atoms with Gasteiger partial charge in [0.15, 0.2) is 5.82 Å². The Hall–Kier alpha value is -1.63. The van der Waals surface area contributed by atoms with Crippen LogP contribution in [0.5, 0.6) is 0 Å². The highest BCUT2D eigenvalue weighted by Gasteiger charge is 2.12. The number of halogens is 1. The van der Waals surface area contributed by atoms with Crippen molar-refractivity contribution in [3.8, 4) is 0 Å². The highest BCUT2D eigenvalue weighted by molar-refractivity contribution is 9.10. The van der Waals surface area contributed by atoms with Gasteiger partial charge in [-0.15, -0.1) is 0 Å². The quantitative estimate of drug-likeness (QED) is 0.926. The molecule has 0 spiro atoms. The van der Waals surface area contributed by atoms with Crippen molar-refractivity contribution in [2.45, 2.75) is 20.0 Å². The fourth-order valence-corrected chi connectivity index (χ4v) is 2.11. The van der Waals surface area contributed by atoms with E-state index in [1.165, 1.54) is 0 Å². The van der Waals surface area contributed by atoms with Crippen LogP contribution in [0.3, 0.4) is 0 Å². The van der Waals surface area contributed by atoms with Gasteiger partial charge in [-0.3, -0.25) is 9.48 Å². The van der Waals surface area contributed by atoms with E-state index >= 15 is 0 Å². The van der Waals surface area contributed by atoms with Crippen LogP contribution in [0.1, 0.15) is 23.2 Å². The summed E-state index contributed by atoms with van der Waals surface area (Å²) in [5.41, 5.74) is 0.625. The van der Waals surface area contributed by atoms with Crippen LogP contribution in [0.4, 0.5) is 0 Å². The van der Waals surface area contributed by atoms with E-state index in [2.05, 4.69) is 31.3 Å². The minimum atomic E-state index is -0.130. The van der Waals surface area contributed by atoms with Gasteiger partial charge in [-0.2, -0.15) is 5.10 Å². The summed E-state index contributed by atoms with van der Waals surface area (Å²) in [7, 11) is 1.79. The first-order valence-electron chi connectivity index (χ1n) is 5.58. The smallest absolute Gasteiger partial charge is 0.268 e. The molecule has 0 bridgehead atoms. The lowest BCUT2D eigenvalue weighted by atomic mass is 10.4. The minimum Gasteiger partial charge on any atom is -0.343 e. The average molecular weight is 312 g/mol. The molecule has 0 saturated carbocycles. The maximum Gasteiger partial charge on any atom is 0.268 e. The molecule has 0 aliphatic rings. The fraction of sp³-hybridized carbons (Fsp3) is 0.364. The molecule has 2 rings (SSSR count). The van der Waals surface area contributed by atoms with E-state index in [1.54, 1.807) is 24.1 Å². The monoisotopic (exact) mass is 311 g/mol. The summed E-state index contributed by atoms with van der Waals surface area (Å²) in [6.07, 6.45) is 3.49. The lowest BCUT2D eigenvalue weighted by molar-refractivity contribution is 0.0940. The number of hydrogen-bond acceptors (Lipinski definition) is 3. The Kier molecular flexibility index (Phi) is 3.81. The highest BCUT2D eigenvalue weighted by atomic mass is 79.9. The van der Waals surface area contributed by atoms with Crippen molar-refractivity contribution < 1.29 is 4.79 Å². The first-order chi connectivity index (χ1) is 8.60. The molecular formula is C11H14BrN5O.